The maximum Gasteiger partial charge on any atom is 0.153 e. The Kier molecular flexibility index (Phi) is 4.07. The predicted octanol–water partition coefficient (Wildman–Crippen LogP) is 2.44. The Balaban J connectivity index is 2.17. The summed E-state index contributed by atoms with van der Waals surface area (Å²) in [6.45, 7) is 1.88. The molecule has 0 saturated heterocycles. The molecule has 0 saturated carbocycles. The normalized spacial score (nSPS) is 11.7. The molecular formula is C14H14N2O3. The van der Waals surface area contributed by atoms with Crippen molar-refractivity contribution in [3.05, 3.63) is 48.0 Å². The second-order valence-electron chi connectivity index (χ2n) is 3.91. The van der Waals surface area contributed by atoms with E-state index in [9.17, 15) is 4.79 Å². The lowest BCUT2D eigenvalue weighted by molar-refractivity contribution is 0.112. The van der Waals surface area contributed by atoms with Crippen LogP contribution in [0.2, 0.25) is 0 Å². The van der Waals surface area contributed by atoms with Crippen LogP contribution in [0.4, 0.5) is 0 Å². The van der Waals surface area contributed by atoms with Crippen LogP contribution in [0.1, 0.15) is 29.1 Å². The number of hydrogen-bond donors (Lipinski definition) is 0. The Bertz CT molecular complexity index is 558. The van der Waals surface area contributed by atoms with E-state index in [0.717, 1.165) is 12.0 Å². The van der Waals surface area contributed by atoms with Crippen LogP contribution in [-0.2, 0) is 0 Å². The van der Waals surface area contributed by atoms with Crippen molar-refractivity contribution >= 4 is 6.29 Å². The minimum atomic E-state index is -0.236. The fourth-order valence-electron chi connectivity index (χ4n) is 1.65. The maximum absolute atomic E-state index is 10.8. The number of benzene rings is 1. The Hall–Kier alpha value is -2.43. The molecule has 0 bridgehead atoms. The number of aldehydes is 1. The van der Waals surface area contributed by atoms with Crippen molar-refractivity contribution < 1.29 is 14.3 Å². The molecule has 0 N–H and O–H groups in total. The summed E-state index contributed by atoms with van der Waals surface area (Å²) in [6.07, 6.45) is 5.39. The summed E-state index contributed by atoms with van der Waals surface area (Å²) in [4.78, 5) is 19.0. The first-order valence-corrected chi connectivity index (χ1v) is 5.80. The summed E-state index contributed by atoms with van der Waals surface area (Å²) in [5, 5.41) is 0. The van der Waals surface area contributed by atoms with Crippen LogP contribution in [0.5, 0.6) is 11.5 Å². The van der Waals surface area contributed by atoms with Crippen LogP contribution in [0.15, 0.2) is 36.8 Å². The largest absolute Gasteiger partial charge is 0.496 e. The van der Waals surface area contributed by atoms with Gasteiger partial charge >= 0.3 is 0 Å². The monoisotopic (exact) mass is 258 g/mol. The van der Waals surface area contributed by atoms with Crippen LogP contribution in [-0.4, -0.2) is 23.4 Å². The highest BCUT2D eigenvalue weighted by Gasteiger charge is 2.10. The zero-order chi connectivity index (χ0) is 13.7. The zero-order valence-electron chi connectivity index (χ0n) is 10.7. The smallest absolute Gasteiger partial charge is 0.153 e. The van der Waals surface area contributed by atoms with Gasteiger partial charge < -0.3 is 9.47 Å². The van der Waals surface area contributed by atoms with Crippen molar-refractivity contribution in [1.82, 2.24) is 9.97 Å². The first-order chi connectivity index (χ1) is 9.24. The molecule has 5 heteroatoms. The fourth-order valence-corrected chi connectivity index (χ4v) is 1.65. The van der Waals surface area contributed by atoms with E-state index in [0.29, 0.717) is 17.1 Å². The van der Waals surface area contributed by atoms with Gasteiger partial charge in [0.1, 0.15) is 17.6 Å². The number of rotatable bonds is 5. The number of ether oxygens (including phenoxy) is 2. The summed E-state index contributed by atoms with van der Waals surface area (Å²) >= 11 is 0. The van der Waals surface area contributed by atoms with Gasteiger partial charge in [-0.15, -0.1) is 0 Å². The molecule has 0 aliphatic heterocycles. The van der Waals surface area contributed by atoms with E-state index < -0.39 is 0 Å². The molecule has 19 heavy (non-hydrogen) atoms. The highest BCUT2D eigenvalue weighted by molar-refractivity contribution is 5.79. The number of nitrogens with zero attached hydrogens (tertiary/aromatic N) is 2. The molecule has 0 fully saturated rings. The lowest BCUT2D eigenvalue weighted by Crippen LogP contribution is -2.05. The van der Waals surface area contributed by atoms with Gasteiger partial charge in [0.05, 0.1) is 24.6 Å². The zero-order valence-corrected chi connectivity index (χ0v) is 10.7. The minimum Gasteiger partial charge on any atom is -0.496 e. The lowest BCUT2D eigenvalue weighted by Gasteiger charge is -2.14. The van der Waals surface area contributed by atoms with E-state index in [1.807, 2.05) is 6.92 Å². The lowest BCUT2D eigenvalue weighted by atomic mass is 10.2. The molecule has 2 rings (SSSR count). The molecule has 1 aromatic carbocycles. The Morgan fingerprint density at radius 1 is 1.32 bits per heavy atom. The second kappa shape index (κ2) is 5.95. The Labute approximate surface area is 111 Å². The van der Waals surface area contributed by atoms with Crippen LogP contribution < -0.4 is 9.47 Å². The van der Waals surface area contributed by atoms with Gasteiger partial charge in [-0.1, -0.05) is 0 Å². The molecule has 0 amide bonds. The highest BCUT2D eigenvalue weighted by Crippen LogP contribution is 2.26. The summed E-state index contributed by atoms with van der Waals surface area (Å²) in [6, 6.07) is 5.06. The van der Waals surface area contributed by atoms with Gasteiger partial charge in [-0.3, -0.25) is 14.8 Å². The van der Waals surface area contributed by atoms with Gasteiger partial charge in [-0.25, -0.2) is 0 Å². The van der Waals surface area contributed by atoms with Crippen molar-refractivity contribution in [1.29, 1.82) is 0 Å². The van der Waals surface area contributed by atoms with Crippen molar-refractivity contribution in [3.63, 3.8) is 0 Å². The van der Waals surface area contributed by atoms with Gasteiger partial charge in [0.15, 0.2) is 6.29 Å². The van der Waals surface area contributed by atoms with Gasteiger partial charge in [0, 0.05) is 18.5 Å². The first-order valence-electron chi connectivity index (χ1n) is 5.80. The number of hydrogen-bond acceptors (Lipinski definition) is 5. The third kappa shape index (κ3) is 3.07. The summed E-state index contributed by atoms with van der Waals surface area (Å²) in [7, 11) is 1.51. The van der Waals surface area contributed by atoms with E-state index in [1.54, 1.807) is 36.8 Å². The number of methoxy groups -OCH3 is 1. The molecule has 1 unspecified atom stereocenters. The van der Waals surface area contributed by atoms with Gasteiger partial charge in [-0.2, -0.15) is 0 Å². The predicted molar refractivity (Wildman–Crippen MR) is 69.5 cm³/mol. The maximum atomic E-state index is 10.8. The molecule has 0 radical (unpaired) electrons. The van der Waals surface area contributed by atoms with Crippen LogP contribution in [0.25, 0.3) is 0 Å². The summed E-state index contributed by atoms with van der Waals surface area (Å²) < 4.78 is 10.9. The number of carbonyl (C=O) groups is 1. The van der Waals surface area contributed by atoms with E-state index in [4.69, 9.17) is 9.47 Å². The molecule has 1 aromatic heterocycles. The molecule has 2 aromatic rings. The molecule has 1 atom stereocenters. The average Bonchev–Trinajstić information content (AvgIpc) is 2.48. The van der Waals surface area contributed by atoms with Crippen molar-refractivity contribution in [2.24, 2.45) is 0 Å². The second-order valence-corrected chi connectivity index (χ2v) is 3.91. The fraction of sp³-hybridized carbons (Fsp3) is 0.214. The van der Waals surface area contributed by atoms with Crippen LogP contribution in [0.3, 0.4) is 0 Å². The molecule has 98 valence electrons. The Morgan fingerprint density at radius 3 is 2.79 bits per heavy atom. The molecule has 5 nitrogen and oxygen atoms in total. The minimum absolute atomic E-state index is 0.236. The van der Waals surface area contributed by atoms with Crippen molar-refractivity contribution in [3.8, 4) is 11.5 Å². The van der Waals surface area contributed by atoms with Gasteiger partial charge in [-0.05, 0) is 19.1 Å². The standard InChI is InChI=1S/C14H14N2O3/c1-10(13-8-15-5-6-16-13)19-12-4-3-11(9-17)14(7-12)18-2/h3-10H,1-2H3. The third-order valence-corrected chi connectivity index (χ3v) is 2.64. The quantitative estimate of drug-likeness (QED) is 0.771. The average molecular weight is 258 g/mol. The first kappa shape index (κ1) is 13.0. The molecule has 0 aliphatic carbocycles. The van der Waals surface area contributed by atoms with E-state index in [2.05, 4.69) is 9.97 Å². The topological polar surface area (TPSA) is 61.3 Å². The van der Waals surface area contributed by atoms with Crippen molar-refractivity contribution in [2.45, 2.75) is 13.0 Å². The highest BCUT2D eigenvalue weighted by atomic mass is 16.5. The van der Waals surface area contributed by atoms with Crippen LogP contribution in [0, 0.1) is 0 Å². The molecule has 0 spiro atoms. The third-order valence-electron chi connectivity index (χ3n) is 2.64. The molecular weight excluding hydrogens is 244 g/mol. The molecule has 1 heterocycles. The molecule has 0 aliphatic rings. The van der Waals surface area contributed by atoms with Gasteiger partial charge in [0.2, 0.25) is 0 Å². The van der Waals surface area contributed by atoms with Crippen LogP contribution >= 0.6 is 0 Å². The van der Waals surface area contributed by atoms with E-state index in [-0.39, 0.29) is 6.10 Å². The van der Waals surface area contributed by atoms with Crippen molar-refractivity contribution in [2.75, 3.05) is 7.11 Å². The van der Waals surface area contributed by atoms with E-state index in [1.165, 1.54) is 7.11 Å². The number of aromatic nitrogens is 2. The van der Waals surface area contributed by atoms with E-state index >= 15 is 0 Å². The van der Waals surface area contributed by atoms with Gasteiger partial charge in [0.25, 0.3) is 0 Å². The Morgan fingerprint density at radius 2 is 2.16 bits per heavy atom. The number of carbonyl (C=O) groups excluding carboxylic acids is 1. The summed E-state index contributed by atoms with van der Waals surface area (Å²) in [5.74, 6) is 1.10. The SMILES string of the molecule is COc1cc(OC(C)c2cnccn2)ccc1C=O. The summed E-state index contributed by atoms with van der Waals surface area (Å²) in [5.41, 5.74) is 1.22.